The zero-order valence-corrected chi connectivity index (χ0v) is 18.9. The molecule has 8 nitrogen and oxygen atoms in total. The van der Waals surface area contributed by atoms with Gasteiger partial charge in [0.1, 0.15) is 0 Å². The van der Waals surface area contributed by atoms with Gasteiger partial charge in [-0.2, -0.15) is 5.10 Å². The molecule has 0 saturated heterocycles. The fourth-order valence-electron chi connectivity index (χ4n) is 3.68. The number of carbonyl (C=O) groups excluding carboxylic acids is 2. The molecular weight excluding hydrogens is 410 g/mol. The van der Waals surface area contributed by atoms with Crippen molar-refractivity contribution in [1.29, 1.82) is 0 Å². The van der Waals surface area contributed by atoms with Gasteiger partial charge in [-0.15, -0.1) is 0 Å². The number of ether oxygens (including phenoxy) is 3. The van der Waals surface area contributed by atoms with E-state index in [-0.39, 0.29) is 12.1 Å². The van der Waals surface area contributed by atoms with Crippen molar-refractivity contribution in [3.63, 3.8) is 0 Å². The maximum absolute atomic E-state index is 12.5. The van der Waals surface area contributed by atoms with Gasteiger partial charge < -0.3 is 19.5 Å². The third kappa shape index (κ3) is 5.38. The Hall–Kier alpha value is -3.55. The van der Waals surface area contributed by atoms with Crippen LogP contribution >= 0.6 is 0 Å². The van der Waals surface area contributed by atoms with Gasteiger partial charge in [-0.25, -0.2) is 5.43 Å². The summed E-state index contributed by atoms with van der Waals surface area (Å²) in [5.41, 5.74) is 7.21. The number of methoxy groups -OCH3 is 3. The molecule has 2 amide bonds. The number of hydrogen-bond acceptors (Lipinski definition) is 6. The third-order valence-corrected chi connectivity index (χ3v) is 5.45. The van der Waals surface area contributed by atoms with E-state index in [1.807, 2.05) is 13.0 Å². The predicted molar refractivity (Wildman–Crippen MR) is 122 cm³/mol. The summed E-state index contributed by atoms with van der Waals surface area (Å²) in [6, 6.07) is 9.36. The molecule has 0 aliphatic heterocycles. The van der Waals surface area contributed by atoms with E-state index in [0.717, 1.165) is 18.4 Å². The van der Waals surface area contributed by atoms with Crippen LogP contribution in [-0.2, 0) is 17.6 Å². The van der Waals surface area contributed by atoms with E-state index in [1.165, 1.54) is 57.4 Å². The van der Waals surface area contributed by atoms with E-state index in [2.05, 4.69) is 28.0 Å². The second-order valence-corrected chi connectivity index (χ2v) is 7.52. The van der Waals surface area contributed by atoms with E-state index in [0.29, 0.717) is 23.0 Å². The molecule has 3 rings (SSSR count). The standard InChI is InChI=1S/C24H29N3O5/c1-15(17-10-9-16-7-5-6-8-18(16)11-17)26-27-22(28)14-25-24(29)19-12-20(30-2)23(32-4)21(13-19)31-3/h9-13H,5-8,14H2,1-4H3,(H,25,29)(H,27,28)/b26-15+. The molecule has 1 aliphatic carbocycles. The number of nitrogens with one attached hydrogen (secondary N) is 2. The minimum Gasteiger partial charge on any atom is -0.493 e. The highest BCUT2D eigenvalue weighted by Crippen LogP contribution is 2.38. The molecule has 2 aromatic rings. The third-order valence-electron chi connectivity index (χ3n) is 5.45. The summed E-state index contributed by atoms with van der Waals surface area (Å²) in [4.78, 5) is 24.7. The minimum absolute atomic E-state index is 0.226. The summed E-state index contributed by atoms with van der Waals surface area (Å²) in [6.45, 7) is 1.62. The average Bonchev–Trinajstić information content (AvgIpc) is 2.84. The van der Waals surface area contributed by atoms with Gasteiger partial charge in [0.05, 0.1) is 33.6 Å². The van der Waals surface area contributed by atoms with Crippen molar-refractivity contribution >= 4 is 17.5 Å². The smallest absolute Gasteiger partial charge is 0.259 e. The van der Waals surface area contributed by atoms with Crippen LogP contribution in [0.25, 0.3) is 0 Å². The zero-order valence-electron chi connectivity index (χ0n) is 18.9. The molecule has 2 N–H and O–H groups in total. The Labute approximate surface area is 187 Å². The summed E-state index contributed by atoms with van der Waals surface area (Å²) in [6.07, 6.45) is 4.64. The van der Waals surface area contributed by atoms with E-state index in [9.17, 15) is 9.59 Å². The lowest BCUT2D eigenvalue weighted by molar-refractivity contribution is -0.120. The molecule has 32 heavy (non-hydrogen) atoms. The van der Waals surface area contributed by atoms with Crippen LogP contribution in [0.1, 0.15) is 46.8 Å². The molecule has 0 saturated carbocycles. The van der Waals surface area contributed by atoms with Crippen molar-refractivity contribution in [3.05, 3.63) is 52.6 Å². The van der Waals surface area contributed by atoms with Gasteiger partial charge in [0, 0.05) is 5.56 Å². The number of benzene rings is 2. The lowest BCUT2D eigenvalue weighted by atomic mass is 9.90. The Morgan fingerprint density at radius 1 is 0.906 bits per heavy atom. The van der Waals surface area contributed by atoms with Crippen molar-refractivity contribution in [1.82, 2.24) is 10.7 Å². The van der Waals surface area contributed by atoms with Crippen LogP contribution in [0.2, 0.25) is 0 Å². The topological polar surface area (TPSA) is 98.2 Å². The highest BCUT2D eigenvalue weighted by molar-refractivity contribution is 6.00. The molecule has 0 heterocycles. The zero-order chi connectivity index (χ0) is 23.1. The van der Waals surface area contributed by atoms with Gasteiger partial charge in [-0.05, 0) is 67.5 Å². The Morgan fingerprint density at radius 3 is 2.19 bits per heavy atom. The van der Waals surface area contributed by atoms with Crippen LogP contribution in [0.5, 0.6) is 17.2 Å². The Morgan fingerprint density at radius 2 is 1.56 bits per heavy atom. The molecular formula is C24H29N3O5. The molecule has 1 aliphatic rings. The van der Waals surface area contributed by atoms with Gasteiger partial charge in [-0.3, -0.25) is 9.59 Å². The first-order valence-electron chi connectivity index (χ1n) is 10.5. The van der Waals surface area contributed by atoms with E-state index in [1.54, 1.807) is 0 Å². The summed E-state index contributed by atoms with van der Waals surface area (Å²) in [7, 11) is 4.42. The van der Waals surface area contributed by atoms with Gasteiger partial charge >= 0.3 is 0 Å². The van der Waals surface area contributed by atoms with Gasteiger partial charge in [0.15, 0.2) is 11.5 Å². The second-order valence-electron chi connectivity index (χ2n) is 7.52. The molecule has 0 unspecified atom stereocenters. The van der Waals surface area contributed by atoms with Crippen LogP contribution in [0.4, 0.5) is 0 Å². The summed E-state index contributed by atoms with van der Waals surface area (Å²) >= 11 is 0. The van der Waals surface area contributed by atoms with Gasteiger partial charge in [0.25, 0.3) is 11.8 Å². The lowest BCUT2D eigenvalue weighted by Gasteiger charge is -2.16. The van der Waals surface area contributed by atoms with Crippen LogP contribution in [0, 0.1) is 0 Å². The highest BCUT2D eigenvalue weighted by Gasteiger charge is 2.17. The summed E-state index contributed by atoms with van der Waals surface area (Å²) < 4.78 is 15.8. The Balaban J connectivity index is 1.59. The number of fused-ring (bicyclic) bond motifs is 1. The number of amides is 2. The van der Waals surface area contributed by atoms with Crippen LogP contribution in [0.3, 0.4) is 0 Å². The molecule has 170 valence electrons. The van der Waals surface area contributed by atoms with Crippen molar-refractivity contribution < 1.29 is 23.8 Å². The first-order chi connectivity index (χ1) is 15.5. The molecule has 0 radical (unpaired) electrons. The van der Waals surface area contributed by atoms with Crippen molar-refractivity contribution in [2.75, 3.05) is 27.9 Å². The SMILES string of the molecule is COc1cc(C(=O)NCC(=O)N/N=C(\C)c2ccc3c(c2)CCCC3)cc(OC)c1OC. The molecule has 0 bridgehead atoms. The number of rotatable bonds is 8. The van der Waals surface area contributed by atoms with Gasteiger partial charge in [0.2, 0.25) is 5.75 Å². The van der Waals surface area contributed by atoms with Crippen molar-refractivity contribution in [2.45, 2.75) is 32.6 Å². The molecule has 0 atom stereocenters. The molecule has 0 fully saturated rings. The normalized spacial score (nSPS) is 13.1. The fourth-order valence-corrected chi connectivity index (χ4v) is 3.68. The predicted octanol–water partition coefficient (Wildman–Crippen LogP) is 2.86. The largest absolute Gasteiger partial charge is 0.493 e. The number of hydrogen-bond donors (Lipinski definition) is 2. The second kappa shape index (κ2) is 10.7. The maximum Gasteiger partial charge on any atom is 0.259 e. The van der Waals surface area contributed by atoms with Gasteiger partial charge in [-0.1, -0.05) is 12.1 Å². The molecule has 0 spiro atoms. The number of hydrazone groups is 1. The number of carbonyl (C=O) groups is 2. The van der Waals surface area contributed by atoms with Crippen LogP contribution < -0.4 is 25.0 Å². The summed E-state index contributed by atoms with van der Waals surface area (Å²) in [5, 5.41) is 6.75. The quantitative estimate of drug-likeness (QED) is 0.487. The average molecular weight is 440 g/mol. The minimum atomic E-state index is -0.449. The van der Waals surface area contributed by atoms with Crippen molar-refractivity contribution in [3.8, 4) is 17.2 Å². The maximum atomic E-state index is 12.5. The summed E-state index contributed by atoms with van der Waals surface area (Å²) in [5.74, 6) is 0.215. The Bertz CT molecular complexity index is 1010. The van der Waals surface area contributed by atoms with Crippen LogP contribution in [0.15, 0.2) is 35.4 Å². The molecule has 2 aromatic carbocycles. The Kier molecular flexibility index (Phi) is 7.70. The fraction of sp³-hybridized carbons (Fsp3) is 0.375. The van der Waals surface area contributed by atoms with E-state index < -0.39 is 11.8 Å². The van der Waals surface area contributed by atoms with Crippen LogP contribution in [-0.4, -0.2) is 45.4 Å². The van der Waals surface area contributed by atoms with Crippen molar-refractivity contribution in [2.24, 2.45) is 5.10 Å². The first-order valence-corrected chi connectivity index (χ1v) is 10.5. The monoisotopic (exact) mass is 439 g/mol. The molecule has 0 aromatic heterocycles. The highest BCUT2D eigenvalue weighted by atomic mass is 16.5. The van der Waals surface area contributed by atoms with E-state index >= 15 is 0 Å². The first kappa shape index (κ1) is 23.1. The number of aryl methyl sites for hydroxylation is 2. The number of nitrogens with zero attached hydrogens (tertiary/aromatic N) is 1. The lowest BCUT2D eigenvalue weighted by Crippen LogP contribution is -2.35. The molecule has 8 heteroatoms. The van der Waals surface area contributed by atoms with E-state index in [4.69, 9.17) is 14.2 Å².